The molecule has 0 radical (unpaired) electrons. The molecule has 1 aromatic carbocycles. The number of rotatable bonds is 5. The van der Waals surface area contributed by atoms with Crippen molar-refractivity contribution in [2.45, 2.75) is 50.1 Å². The second kappa shape index (κ2) is 6.05. The van der Waals surface area contributed by atoms with Crippen molar-refractivity contribution in [2.24, 2.45) is 5.92 Å². The molecule has 2 nitrogen and oxygen atoms in total. The van der Waals surface area contributed by atoms with Crippen molar-refractivity contribution in [3.05, 3.63) is 34.9 Å². The number of hydrogen-bond acceptors (Lipinski definition) is 2. The number of hydrogen-bond donors (Lipinski definition) is 2. The summed E-state index contributed by atoms with van der Waals surface area (Å²) in [6.07, 6.45) is 7.79. The van der Waals surface area contributed by atoms with Crippen molar-refractivity contribution in [2.75, 3.05) is 13.6 Å². The minimum Gasteiger partial charge on any atom is -0.312 e. The molecule has 2 N–H and O–H groups in total. The van der Waals surface area contributed by atoms with Gasteiger partial charge >= 0.3 is 0 Å². The van der Waals surface area contributed by atoms with Crippen molar-refractivity contribution in [3.8, 4) is 0 Å². The lowest BCUT2D eigenvalue weighted by Crippen LogP contribution is -2.58. The summed E-state index contributed by atoms with van der Waals surface area (Å²) < 4.78 is 0. The quantitative estimate of drug-likeness (QED) is 0.865. The lowest BCUT2D eigenvalue weighted by Gasteiger charge is -2.45. The van der Waals surface area contributed by atoms with E-state index in [1.165, 1.54) is 44.2 Å². The Labute approximate surface area is 127 Å². The monoisotopic (exact) mass is 292 g/mol. The molecule has 0 amide bonds. The Balaban J connectivity index is 1.87. The van der Waals surface area contributed by atoms with E-state index < -0.39 is 0 Å². The van der Waals surface area contributed by atoms with Gasteiger partial charge in [-0.05, 0) is 56.8 Å². The molecule has 0 saturated heterocycles. The normalized spacial score (nSPS) is 30.4. The molecular weight excluding hydrogens is 268 g/mol. The first-order valence-corrected chi connectivity index (χ1v) is 8.31. The molecule has 2 aliphatic carbocycles. The first kappa shape index (κ1) is 14.4. The number of benzene rings is 1. The molecule has 0 heterocycles. The Morgan fingerprint density at radius 3 is 2.70 bits per heavy atom. The average molecular weight is 293 g/mol. The van der Waals surface area contributed by atoms with Crippen LogP contribution in [0.5, 0.6) is 0 Å². The summed E-state index contributed by atoms with van der Waals surface area (Å²) in [5, 5.41) is 8.34. The van der Waals surface area contributed by atoms with Gasteiger partial charge in [-0.1, -0.05) is 42.6 Å². The Morgan fingerprint density at radius 2 is 2.00 bits per heavy atom. The SMILES string of the molecule is CN[C@@]1(c2ccccc2Cl)CCCC[C@@H]1NCC1CC1. The van der Waals surface area contributed by atoms with Crippen LogP contribution in [0.25, 0.3) is 0 Å². The van der Waals surface area contributed by atoms with Crippen LogP contribution < -0.4 is 10.6 Å². The Kier molecular flexibility index (Phi) is 4.34. The predicted octanol–water partition coefficient (Wildman–Crippen LogP) is 3.70. The van der Waals surface area contributed by atoms with Gasteiger partial charge in [-0.3, -0.25) is 0 Å². The van der Waals surface area contributed by atoms with Gasteiger partial charge in [0.25, 0.3) is 0 Å². The van der Waals surface area contributed by atoms with Crippen molar-refractivity contribution < 1.29 is 0 Å². The van der Waals surface area contributed by atoms with Gasteiger partial charge < -0.3 is 10.6 Å². The van der Waals surface area contributed by atoms with Crippen molar-refractivity contribution >= 4 is 11.6 Å². The second-order valence-electron chi connectivity index (χ2n) is 6.35. The Hall–Kier alpha value is -0.570. The van der Waals surface area contributed by atoms with Gasteiger partial charge in [-0.2, -0.15) is 0 Å². The largest absolute Gasteiger partial charge is 0.312 e. The fourth-order valence-corrected chi connectivity index (χ4v) is 3.96. The standard InChI is InChI=1S/C17H25ClN2/c1-19-17(14-6-2-3-7-15(14)18)11-5-4-8-16(17)20-12-13-9-10-13/h2-3,6-7,13,16,19-20H,4-5,8-12H2,1H3/t16-,17+/m0/s1. The zero-order valence-electron chi connectivity index (χ0n) is 12.3. The third kappa shape index (κ3) is 2.74. The summed E-state index contributed by atoms with van der Waals surface area (Å²) >= 11 is 6.50. The van der Waals surface area contributed by atoms with E-state index in [0.29, 0.717) is 6.04 Å². The van der Waals surface area contributed by atoms with Gasteiger partial charge in [0.2, 0.25) is 0 Å². The molecule has 2 atom stereocenters. The molecule has 20 heavy (non-hydrogen) atoms. The lowest BCUT2D eigenvalue weighted by atomic mass is 9.72. The van der Waals surface area contributed by atoms with E-state index >= 15 is 0 Å². The van der Waals surface area contributed by atoms with E-state index in [2.05, 4.69) is 29.8 Å². The molecule has 3 rings (SSSR count). The second-order valence-corrected chi connectivity index (χ2v) is 6.76. The van der Waals surface area contributed by atoms with Crippen molar-refractivity contribution in [1.29, 1.82) is 0 Å². The van der Waals surface area contributed by atoms with E-state index in [-0.39, 0.29) is 5.54 Å². The first-order valence-electron chi connectivity index (χ1n) is 7.93. The summed E-state index contributed by atoms with van der Waals surface area (Å²) in [6.45, 7) is 1.17. The van der Waals surface area contributed by atoms with Gasteiger partial charge in [0.05, 0.1) is 5.54 Å². The molecule has 2 aliphatic rings. The van der Waals surface area contributed by atoms with Crippen LogP contribution in [0.1, 0.15) is 44.1 Å². The highest BCUT2D eigenvalue weighted by Crippen LogP contribution is 2.40. The van der Waals surface area contributed by atoms with Gasteiger partial charge in [0, 0.05) is 11.1 Å². The molecule has 3 heteroatoms. The highest BCUT2D eigenvalue weighted by molar-refractivity contribution is 6.31. The molecule has 0 bridgehead atoms. The van der Waals surface area contributed by atoms with Crippen LogP contribution in [0, 0.1) is 5.92 Å². The van der Waals surface area contributed by atoms with Crippen molar-refractivity contribution in [1.82, 2.24) is 10.6 Å². The predicted molar refractivity (Wildman–Crippen MR) is 85.2 cm³/mol. The van der Waals surface area contributed by atoms with Gasteiger partial charge in [-0.15, -0.1) is 0 Å². The van der Waals surface area contributed by atoms with Crippen LogP contribution in [0.4, 0.5) is 0 Å². The summed E-state index contributed by atoms with van der Waals surface area (Å²) in [7, 11) is 2.08. The van der Waals surface area contributed by atoms with E-state index in [1.54, 1.807) is 0 Å². The third-order valence-electron chi connectivity index (χ3n) is 5.06. The molecule has 2 saturated carbocycles. The molecule has 2 fully saturated rings. The smallest absolute Gasteiger partial charge is 0.0602 e. The average Bonchev–Trinajstić information content (AvgIpc) is 3.30. The lowest BCUT2D eigenvalue weighted by molar-refractivity contribution is 0.177. The zero-order chi connectivity index (χ0) is 14.0. The highest BCUT2D eigenvalue weighted by atomic mass is 35.5. The maximum Gasteiger partial charge on any atom is 0.0602 e. The molecule has 0 unspecified atom stereocenters. The summed E-state index contributed by atoms with van der Waals surface area (Å²) in [5.41, 5.74) is 1.25. The fraction of sp³-hybridized carbons (Fsp3) is 0.647. The Bertz CT molecular complexity index is 458. The molecule has 110 valence electrons. The Morgan fingerprint density at radius 1 is 1.20 bits per heavy atom. The number of halogens is 1. The van der Waals surface area contributed by atoms with Crippen LogP contribution in [0.3, 0.4) is 0 Å². The minimum absolute atomic E-state index is 0.00845. The van der Waals surface area contributed by atoms with Gasteiger partial charge in [0.1, 0.15) is 0 Å². The maximum atomic E-state index is 6.50. The number of nitrogens with one attached hydrogen (secondary N) is 2. The number of likely N-dealkylation sites (N-methyl/N-ethyl adjacent to an activating group) is 1. The fourth-order valence-electron chi connectivity index (χ4n) is 3.66. The van der Waals surface area contributed by atoms with Crippen LogP contribution in [-0.2, 0) is 5.54 Å². The van der Waals surface area contributed by atoms with Crippen LogP contribution >= 0.6 is 11.6 Å². The molecule has 0 aliphatic heterocycles. The van der Waals surface area contributed by atoms with Crippen LogP contribution in [0.2, 0.25) is 5.02 Å². The molecule has 0 spiro atoms. The highest BCUT2D eigenvalue weighted by Gasteiger charge is 2.42. The molecule has 1 aromatic rings. The zero-order valence-corrected chi connectivity index (χ0v) is 13.0. The minimum atomic E-state index is -0.00845. The third-order valence-corrected chi connectivity index (χ3v) is 5.39. The summed E-state index contributed by atoms with van der Waals surface area (Å²) in [4.78, 5) is 0. The molecular formula is C17H25ClN2. The van der Waals surface area contributed by atoms with Crippen LogP contribution in [-0.4, -0.2) is 19.6 Å². The van der Waals surface area contributed by atoms with E-state index in [1.807, 2.05) is 12.1 Å². The first-order chi connectivity index (χ1) is 9.76. The maximum absolute atomic E-state index is 6.50. The van der Waals surface area contributed by atoms with Gasteiger partial charge in [0.15, 0.2) is 0 Å². The summed E-state index contributed by atoms with van der Waals surface area (Å²) in [6, 6.07) is 8.82. The van der Waals surface area contributed by atoms with E-state index in [9.17, 15) is 0 Å². The summed E-state index contributed by atoms with van der Waals surface area (Å²) in [5.74, 6) is 0.915. The van der Waals surface area contributed by atoms with E-state index in [4.69, 9.17) is 11.6 Å². The topological polar surface area (TPSA) is 24.1 Å². The van der Waals surface area contributed by atoms with E-state index in [0.717, 1.165) is 17.4 Å². The molecule has 0 aromatic heterocycles. The van der Waals surface area contributed by atoms with Crippen molar-refractivity contribution in [3.63, 3.8) is 0 Å². The van der Waals surface area contributed by atoms with Gasteiger partial charge in [-0.25, -0.2) is 0 Å². The van der Waals surface area contributed by atoms with Crippen LogP contribution in [0.15, 0.2) is 24.3 Å².